The summed E-state index contributed by atoms with van der Waals surface area (Å²) in [5.41, 5.74) is 4.39. The number of nitrogens with zero attached hydrogens (tertiary/aromatic N) is 1. The van der Waals surface area contributed by atoms with Crippen molar-refractivity contribution in [3.63, 3.8) is 0 Å². The van der Waals surface area contributed by atoms with Crippen LogP contribution in [0.1, 0.15) is 24.0 Å². The Kier molecular flexibility index (Phi) is 6.91. The fourth-order valence-electron chi connectivity index (χ4n) is 3.73. The summed E-state index contributed by atoms with van der Waals surface area (Å²) in [6.07, 6.45) is -0.770. The van der Waals surface area contributed by atoms with Crippen LogP contribution in [0.5, 0.6) is 0 Å². The molecule has 0 aliphatic heterocycles. The van der Waals surface area contributed by atoms with Crippen LogP contribution in [0.2, 0.25) is 0 Å². The van der Waals surface area contributed by atoms with Crippen LogP contribution < -0.4 is 5.32 Å². The molecule has 2 aromatic carbocycles. The number of likely N-dealkylation sites (N-methyl/N-ethyl adjacent to an activating group) is 1. The molecule has 2 amide bonds. The Balaban J connectivity index is 1.67. The number of benzene rings is 2. The maximum Gasteiger partial charge on any atom is 0.407 e. The third kappa shape index (κ3) is 4.69. The predicted octanol–water partition coefficient (Wildman–Crippen LogP) is 2.47. The minimum atomic E-state index is -1.15. The zero-order valence-electron chi connectivity index (χ0n) is 17.7. The first kappa shape index (κ1) is 22.3. The van der Waals surface area contributed by atoms with Gasteiger partial charge in [0.15, 0.2) is 0 Å². The summed E-state index contributed by atoms with van der Waals surface area (Å²) in [7, 11) is 2.75. The Morgan fingerprint density at radius 2 is 1.61 bits per heavy atom. The molecule has 0 fully saturated rings. The van der Waals surface area contributed by atoms with E-state index in [1.165, 1.54) is 21.1 Å². The van der Waals surface area contributed by atoms with Crippen molar-refractivity contribution in [1.29, 1.82) is 0 Å². The second-order valence-electron chi connectivity index (χ2n) is 7.44. The van der Waals surface area contributed by atoms with Crippen molar-refractivity contribution in [3.05, 3.63) is 59.7 Å². The van der Waals surface area contributed by atoms with Crippen LogP contribution in [0, 0.1) is 0 Å². The van der Waals surface area contributed by atoms with Gasteiger partial charge in [0.05, 0.1) is 6.61 Å². The zero-order chi connectivity index (χ0) is 22.5. The van der Waals surface area contributed by atoms with Crippen LogP contribution in [-0.4, -0.2) is 67.4 Å². The highest BCUT2D eigenvalue weighted by Crippen LogP contribution is 2.44. The molecule has 8 heteroatoms. The van der Waals surface area contributed by atoms with Crippen molar-refractivity contribution in [2.45, 2.75) is 24.9 Å². The first-order valence-corrected chi connectivity index (χ1v) is 9.95. The number of alkyl carbamates (subject to hydrolysis) is 1. The van der Waals surface area contributed by atoms with E-state index in [0.717, 1.165) is 27.2 Å². The van der Waals surface area contributed by atoms with Crippen molar-refractivity contribution in [2.75, 3.05) is 27.4 Å². The molecule has 8 nitrogen and oxygen atoms in total. The summed E-state index contributed by atoms with van der Waals surface area (Å²) in [5, 5.41) is 11.6. The van der Waals surface area contributed by atoms with Gasteiger partial charge in [0.1, 0.15) is 18.7 Å². The normalized spacial score (nSPS) is 14.2. The molecule has 1 aliphatic carbocycles. The van der Waals surface area contributed by atoms with Gasteiger partial charge in [0.25, 0.3) is 0 Å². The summed E-state index contributed by atoms with van der Waals surface area (Å²) < 4.78 is 10.5. The van der Waals surface area contributed by atoms with Gasteiger partial charge < -0.3 is 24.8 Å². The summed E-state index contributed by atoms with van der Waals surface area (Å²) in [6.45, 7) is 1.38. The molecule has 2 unspecified atom stereocenters. The second-order valence-corrected chi connectivity index (χ2v) is 7.44. The quantitative estimate of drug-likeness (QED) is 0.672. The number of amides is 2. The highest BCUT2D eigenvalue weighted by molar-refractivity contribution is 5.89. The largest absolute Gasteiger partial charge is 0.480 e. The van der Waals surface area contributed by atoms with Gasteiger partial charge in [-0.15, -0.1) is 0 Å². The standard InChI is InChI=1S/C23H26N2O6/c1-14(22(27)28)25(2)21(26)20(13-30-3)24-23(29)31-12-19-17-10-6-4-8-15(17)16-9-5-7-11-18(16)19/h4-11,14,19-20H,12-13H2,1-3H3,(H,24,29)(H,27,28). The summed E-state index contributed by atoms with van der Waals surface area (Å²) in [4.78, 5) is 37.3. The molecule has 0 radical (unpaired) electrons. The smallest absolute Gasteiger partial charge is 0.407 e. The van der Waals surface area contributed by atoms with Gasteiger partial charge in [-0.25, -0.2) is 9.59 Å². The highest BCUT2D eigenvalue weighted by atomic mass is 16.5. The number of carboxylic acid groups (broad SMARTS) is 1. The molecule has 2 atom stereocenters. The van der Waals surface area contributed by atoms with Crippen LogP contribution in [0.4, 0.5) is 4.79 Å². The molecule has 31 heavy (non-hydrogen) atoms. The van der Waals surface area contributed by atoms with Crippen LogP contribution in [0.25, 0.3) is 11.1 Å². The number of rotatable bonds is 8. The molecular weight excluding hydrogens is 400 g/mol. The number of fused-ring (bicyclic) bond motifs is 3. The molecule has 0 spiro atoms. The monoisotopic (exact) mass is 426 g/mol. The molecule has 3 rings (SSSR count). The first-order chi connectivity index (χ1) is 14.8. The summed E-state index contributed by atoms with van der Waals surface area (Å²) in [5.74, 6) is -1.83. The highest BCUT2D eigenvalue weighted by Gasteiger charge is 2.32. The third-order valence-corrected chi connectivity index (χ3v) is 5.55. The Morgan fingerprint density at radius 3 is 2.13 bits per heavy atom. The van der Waals surface area contributed by atoms with Crippen LogP contribution in [0.3, 0.4) is 0 Å². The molecule has 0 aromatic heterocycles. The van der Waals surface area contributed by atoms with E-state index in [1.54, 1.807) is 0 Å². The number of hydrogen-bond donors (Lipinski definition) is 2. The number of nitrogens with one attached hydrogen (secondary N) is 1. The topological polar surface area (TPSA) is 105 Å². The van der Waals surface area contributed by atoms with E-state index < -0.39 is 30.1 Å². The van der Waals surface area contributed by atoms with Gasteiger partial charge in [-0.3, -0.25) is 4.79 Å². The second kappa shape index (κ2) is 9.61. The third-order valence-electron chi connectivity index (χ3n) is 5.55. The van der Waals surface area contributed by atoms with Crippen molar-refractivity contribution in [3.8, 4) is 11.1 Å². The number of hydrogen-bond acceptors (Lipinski definition) is 5. The fraction of sp³-hybridized carbons (Fsp3) is 0.348. The molecule has 164 valence electrons. The Labute approximate surface area is 180 Å². The zero-order valence-corrected chi connectivity index (χ0v) is 17.7. The Bertz CT molecular complexity index is 931. The fourth-order valence-corrected chi connectivity index (χ4v) is 3.73. The first-order valence-electron chi connectivity index (χ1n) is 9.95. The van der Waals surface area contributed by atoms with Gasteiger partial charge >= 0.3 is 12.1 Å². The lowest BCUT2D eigenvalue weighted by Gasteiger charge is -2.26. The van der Waals surface area contributed by atoms with Crippen LogP contribution in [0.15, 0.2) is 48.5 Å². The lowest BCUT2D eigenvalue weighted by Crippen LogP contribution is -2.53. The van der Waals surface area contributed by atoms with E-state index in [1.807, 2.05) is 48.5 Å². The van der Waals surface area contributed by atoms with Gasteiger partial charge in [0.2, 0.25) is 5.91 Å². The van der Waals surface area contributed by atoms with E-state index in [-0.39, 0.29) is 19.1 Å². The molecule has 0 heterocycles. The Morgan fingerprint density at radius 1 is 1.06 bits per heavy atom. The van der Waals surface area contributed by atoms with Gasteiger partial charge in [-0.05, 0) is 29.2 Å². The van der Waals surface area contributed by atoms with E-state index in [9.17, 15) is 14.4 Å². The van der Waals surface area contributed by atoms with Crippen LogP contribution in [-0.2, 0) is 19.1 Å². The molecule has 2 N–H and O–H groups in total. The van der Waals surface area contributed by atoms with Crippen molar-refractivity contribution < 1.29 is 29.0 Å². The van der Waals surface area contributed by atoms with Gasteiger partial charge in [-0.1, -0.05) is 48.5 Å². The maximum absolute atomic E-state index is 12.6. The van der Waals surface area contributed by atoms with E-state index in [2.05, 4.69) is 5.32 Å². The SMILES string of the molecule is COCC(NC(=O)OCC1c2ccccc2-c2ccccc21)C(=O)N(C)C(C)C(=O)O. The summed E-state index contributed by atoms with van der Waals surface area (Å²) >= 11 is 0. The molecule has 0 saturated heterocycles. The summed E-state index contributed by atoms with van der Waals surface area (Å²) in [6, 6.07) is 13.9. The Hall–Kier alpha value is -3.39. The number of carboxylic acids is 1. The minimum absolute atomic E-state index is 0.106. The number of ether oxygens (including phenoxy) is 2. The molecular formula is C23H26N2O6. The number of carbonyl (C=O) groups is 3. The maximum atomic E-state index is 12.6. The molecule has 1 aliphatic rings. The predicted molar refractivity (Wildman–Crippen MR) is 114 cm³/mol. The molecule has 2 aromatic rings. The average molecular weight is 426 g/mol. The lowest BCUT2D eigenvalue weighted by atomic mass is 9.98. The average Bonchev–Trinajstić information content (AvgIpc) is 3.09. The van der Waals surface area contributed by atoms with Gasteiger partial charge in [0, 0.05) is 20.1 Å². The van der Waals surface area contributed by atoms with Crippen LogP contribution >= 0.6 is 0 Å². The number of aliphatic carboxylic acids is 1. The van der Waals surface area contributed by atoms with E-state index in [0.29, 0.717) is 0 Å². The number of methoxy groups -OCH3 is 1. The van der Waals surface area contributed by atoms with Crippen molar-refractivity contribution >= 4 is 18.0 Å². The molecule has 0 bridgehead atoms. The molecule has 0 saturated carbocycles. The van der Waals surface area contributed by atoms with E-state index in [4.69, 9.17) is 14.6 Å². The van der Waals surface area contributed by atoms with Crippen molar-refractivity contribution in [1.82, 2.24) is 10.2 Å². The minimum Gasteiger partial charge on any atom is -0.480 e. The van der Waals surface area contributed by atoms with E-state index >= 15 is 0 Å². The van der Waals surface area contributed by atoms with Crippen molar-refractivity contribution in [2.24, 2.45) is 0 Å². The van der Waals surface area contributed by atoms with Gasteiger partial charge in [-0.2, -0.15) is 0 Å². The lowest BCUT2D eigenvalue weighted by molar-refractivity contribution is -0.149. The number of carbonyl (C=O) groups excluding carboxylic acids is 2.